The Morgan fingerprint density at radius 1 is 1.50 bits per heavy atom. The van der Waals surface area contributed by atoms with Crippen LogP contribution in [0.4, 0.5) is 0 Å². The van der Waals surface area contributed by atoms with Gasteiger partial charge in [-0.05, 0) is 25.0 Å². The molecule has 0 fully saturated rings. The summed E-state index contributed by atoms with van der Waals surface area (Å²) < 4.78 is 0. The Labute approximate surface area is 60.8 Å². The van der Waals surface area contributed by atoms with Gasteiger partial charge in [-0.2, -0.15) is 0 Å². The van der Waals surface area contributed by atoms with E-state index in [0.717, 1.165) is 11.1 Å². The Bertz CT molecular complexity index is 203. The quantitative estimate of drug-likeness (QED) is 0.443. The monoisotopic (exact) mass is 139 g/mol. The molecule has 1 aliphatic rings. The van der Waals surface area contributed by atoms with Gasteiger partial charge in [-0.1, -0.05) is 6.08 Å². The maximum absolute atomic E-state index is 5.64. The van der Waals surface area contributed by atoms with E-state index in [0.29, 0.717) is 5.82 Å². The highest BCUT2D eigenvalue weighted by atomic mass is 15.1. The molecule has 56 valence electrons. The summed E-state index contributed by atoms with van der Waals surface area (Å²) in [5.74, 6) is 0.679. The van der Waals surface area contributed by atoms with Crippen molar-refractivity contribution < 1.29 is 0 Å². The molecule has 0 amide bonds. The van der Waals surface area contributed by atoms with Crippen LogP contribution in [0.2, 0.25) is 0 Å². The van der Waals surface area contributed by atoms with Crippen molar-refractivity contribution in [3.05, 3.63) is 23.0 Å². The van der Waals surface area contributed by atoms with Gasteiger partial charge in [-0.25, -0.2) is 0 Å². The smallest absolute Gasteiger partial charge is 0.100 e. The number of dihydropyridines is 1. The fourth-order valence-corrected chi connectivity index (χ4v) is 0.904. The highest BCUT2D eigenvalue weighted by Crippen LogP contribution is 2.10. The topological polar surface area (TPSA) is 64.1 Å². The number of rotatable bonds is 0. The summed E-state index contributed by atoms with van der Waals surface area (Å²) in [5.41, 5.74) is 13.4. The maximum atomic E-state index is 5.64. The second-order valence-corrected chi connectivity index (χ2v) is 2.61. The van der Waals surface area contributed by atoms with Gasteiger partial charge in [0.05, 0.1) is 6.17 Å². The van der Waals surface area contributed by atoms with Gasteiger partial charge in [0.15, 0.2) is 0 Å². The highest BCUT2D eigenvalue weighted by Gasteiger charge is 2.10. The zero-order valence-electron chi connectivity index (χ0n) is 6.31. The van der Waals surface area contributed by atoms with Crippen molar-refractivity contribution in [1.29, 1.82) is 0 Å². The molecule has 1 atom stereocenters. The zero-order valence-corrected chi connectivity index (χ0v) is 6.31. The molecule has 5 N–H and O–H groups in total. The average Bonchev–Trinajstić information content (AvgIpc) is 1.84. The van der Waals surface area contributed by atoms with Crippen LogP contribution >= 0.6 is 0 Å². The van der Waals surface area contributed by atoms with Crippen LogP contribution in [-0.4, -0.2) is 6.17 Å². The first-order chi connectivity index (χ1) is 4.61. The van der Waals surface area contributed by atoms with E-state index in [2.05, 4.69) is 5.32 Å². The van der Waals surface area contributed by atoms with Crippen molar-refractivity contribution in [3.8, 4) is 0 Å². The van der Waals surface area contributed by atoms with Crippen LogP contribution in [0.25, 0.3) is 0 Å². The minimum atomic E-state index is -0.108. The van der Waals surface area contributed by atoms with Crippen LogP contribution in [0.1, 0.15) is 13.8 Å². The number of nitrogens with two attached hydrogens (primary N) is 2. The molecule has 0 radical (unpaired) electrons. The molecule has 10 heavy (non-hydrogen) atoms. The van der Waals surface area contributed by atoms with E-state index in [1.807, 2.05) is 19.9 Å². The maximum Gasteiger partial charge on any atom is 0.100 e. The van der Waals surface area contributed by atoms with Gasteiger partial charge in [0.25, 0.3) is 0 Å². The molecule has 0 bridgehead atoms. The molecule has 0 aromatic rings. The molecule has 0 saturated heterocycles. The first-order valence-corrected chi connectivity index (χ1v) is 3.28. The van der Waals surface area contributed by atoms with Gasteiger partial charge in [0.1, 0.15) is 5.82 Å². The van der Waals surface area contributed by atoms with Gasteiger partial charge >= 0.3 is 0 Å². The molecule has 1 rings (SSSR count). The standard InChI is InChI=1S/C7H13N3/c1-4-3-5(2)7(9)10-6(4)8/h3,6,10H,8-9H2,1-2H3. The summed E-state index contributed by atoms with van der Waals surface area (Å²) in [5, 5.41) is 2.95. The molecule has 0 spiro atoms. The summed E-state index contributed by atoms with van der Waals surface area (Å²) in [6.45, 7) is 3.94. The minimum Gasteiger partial charge on any atom is -0.385 e. The normalized spacial score (nSPS) is 25.9. The van der Waals surface area contributed by atoms with Crippen LogP contribution in [0.15, 0.2) is 23.0 Å². The van der Waals surface area contributed by atoms with E-state index < -0.39 is 0 Å². The van der Waals surface area contributed by atoms with Crippen molar-refractivity contribution in [2.75, 3.05) is 0 Å². The molecule has 3 heteroatoms. The van der Waals surface area contributed by atoms with Crippen molar-refractivity contribution in [2.45, 2.75) is 20.0 Å². The summed E-state index contributed by atoms with van der Waals surface area (Å²) in [4.78, 5) is 0. The van der Waals surface area contributed by atoms with Crippen LogP contribution in [-0.2, 0) is 0 Å². The van der Waals surface area contributed by atoms with Crippen LogP contribution in [0, 0.1) is 0 Å². The van der Waals surface area contributed by atoms with E-state index in [4.69, 9.17) is 11.5 Å². The Hall–Kier alpha value is -0.960. The lowest BCUT2D eigenvalue weighted by molar-refractivity contribution is 0.640. The third-order valence-electron chi connectivity index (χ3n) is 1.67. The summed E-state index contributed by atoms with van der Waals surface area (Å²) in [6, 6.07) is 0. The largest absolute Gasteiger partial charge is 0.385 e. The van der Waals surface area contributed by atoms with E-state index in [1.165, 1.54) is 0 Å². The van der Waals surface area contributed by atoms with Crippen LogP contribution < -0.4 is 16.8 Å². The molecule has 0 aromatic carbocycles. The van der Waals surface area contributed by atoms with E-state index in [1.54, 1.807) is 0 Å². The Morgan fingerprint density at radius 3 is 2.60 bits per heavy atom. The second kappa shape index (κ2) is 2.34. The first kappa shape index (κ1) is 7.15. The first-order valence-electron chi connectivity index (χ1n) is 3.28. The SMILES string of the molecule is CC1=CC(C)=C(N)NC1N. The number of nitrogens with one attached hydrogen (secondary N) is 1. The third kappa shape index (κ3) is 1.14. The Kier molecular flexibility index (Phi) is 1.68. The zero-order chi connectivity index (χ0) is 7.72. The second-order valence-electron chi connectivity index (χ2n) is 2.61. The van der Waals surface area contributed by atoms with Gasteiger partial charge in [-0.3, -0.25) is 0 Å². The van der Waals surface area contributed by atoms with Crippen molar-refractivity contribution >= 4 is 0 Å². The molecule has 1 unspecified atom stereocenters. The summed E-state index contributed by atoms with van der Waals surface area (Å²) in [6.07, 6.45) is 1.89. The minimum absolute atomic E-state index is 0.108. The van der Waals surface area contributed by atoms with Crippen LogP contribution in [0.5, 0.6) is 0 Å². The fraction of sp³-hybridized carbons (Fsp3) is 0.429. The fourth-order valence-electron chi connectivity index (χ4n) is 0.904. The molecular weight excluding hydrogens is 126 g/mol. The molecule has 0 aromatic heterocycles. The number of hydrogen-bond acceptors (Lipinski definition) is 3. The third-order valence-corrected chi connectivity index (χ3v) is 1.67. The Morgan fingerprint density at radius 2 is 2.10 bits per heavy atom. The van der Waals surface area contributed by atoms with Gasteiger partial charge in [0.2, 0.25) is 0 Å². The number of allylic oxidation sites excluding steroid dienone is 2. The Balaban J connectivity index is 2.88. The molecule has 1 heterocycles. The average molecular weight is 139 g/mol. The molecule has 0 aliphatic carbocycles. The van der Waals surface area contributed by atoms with E-state index in [9.17, 15) is 0 Å². The lowest BCUT2D eigenvalue weighted by Gasteiger charge is -2.21. The predicted octanol–water partition coefficient (Wildman–Crippen LogP) is 0.0109. The van der Waals surface area contributed by atoms with Crippen molar-refractivity contribution in [2.24, 2.45) is 11.5 Å². The molecular formula is C7H13N3. The van der Waals surface area contributed by atoms with E-state index in [-0.39, 0.29) is 6.17 Å². The molecule has 0 saturated carbocycles. The van der Waals surface area contributed by atoms with E-state index >= 15 is 0 Å². The summed E-state index contributed by atoms with van der Waals surface area (Å²) >= 11 is 0. The molecule has 3 nitrogen and oxygen atoms in total. The van der Waals surface area contributed by atoms with Crippen LogP contribution in [0.3, 0.4) is 0 Å². The van der Waals surface area contributed by atoms with Crippen molar-refractivity contribution in [3.63, 3.8) is 0 Å². The van der Waals surface area contributed by atoms with Crippen molar-refractivity contribution in [1.82, 2.24) is 5.32 Å². The van der Waals surface area contributed by atoms with Gasteiger partial charge in [0, 0.05) is 0 Å². The summed E-state index contributed by atoms with van der Waals surface area (Å²) in [7, 11) is 0. The van der Waals surface area contributed by atoms with Gasteiger partial charge < -0.3 is 16.8 Å². The predicted molar refractivity (Wildman–Crippen MR) is 41.8 cm³/mol. The van der Waals surface area contributed by atoms with Gasteiger partial charge in [-0.15, -0.1) is 0 Å². The number of hydrogen-bond donors (Lipinski definition) is 3. The highest BCUT2D eigenvalue weighted by molar-refractivity contribution is 5.31. The lowest BCUT2D eigenvalue weighted by atomic mass is 10.1. The lowest BCUT2D eigenvalue weighted by Crippen LogP contribution is -2.42. The molecule has 1 aliphatic heterocycles.